The molecule has 0 fully saturated rings. The SMILES string of the molecule is c1cc2ccc3c(ccc4c5nnnnc5c5nnccc5c34)c2nn1. The van der Waals surface area contributed by atoms with E-state index >= 15 is 0 Å². The molecule has 0 amide bonds. The van der Waals surface area contributed by atoms with Gasteiger partial charge in [-0.3, -0.25) is 0 Å². The van der Waals surface area contributed by atoms with Gasteiger partial charge >= 0.3 is 0 Å². The lowest BCUT2D eigenvalue weighted by Crippen LogP contribution is -1.97. The molecule has 0 saturated carbocycles. The third kappa shape index (κ3) is 1.62. The second-order valence-corrected chi connectivity index (χ2v) is 5.99. The summed E-state index contributed by atoms with van der Waals surface area (Å²) in [6.45, 7) is 0. The minimum absolute atomic E-state index is 0.593. The highest BCUT2D eigenvalue weighted by molar-refractivity contribution is 6.30. The first-order valence-corrected chi connectivity index (χ1v) is 7.98. The normalized spacial score (nSPS) is 11.8. The van der Waals surface area contributed by atoms with Crippen molar-refractivity contribution in [2.75, 3.05) is 0 Å². The number of fused-ring (bicyclic) bond motifs is 10. The summed E-state index contributed by atoms with van der Waals surface area (Å²) in [5.41, 5.74) is 2.77. The summed E-state index contributed by atoms with van der Waals surface area (Å²) in [4.78, 5) is 0. The molecule has 120 valence electrons. The molecule has 0 aliphatic carbocycles. The molecular formula is C18H8N8. The topological polar surface area (TPSA) is 103 Å². The molecule has 0 N–H and O–H groups in total. The molecule has 0 aliphatic heterocycles. The van der Waals surface area contributed by atoms with Crippen molar-refractivity contribution in [2.24, 2.45) is 0 Å². The van der Waals surface area contributed by atoms with Gasteiger partial charge in [-0.15, -0.1) is 20.4 Å². The van der Waals surface area contributed by atoms with E-state index in [-0.39, 0.29) is 0 Å². The van der Waals surface area contributed by atoms with E-state index in [9.17, 15) is 0 Å². The summed E-state index contributed by atoms with van der Waals surface area (Å²) >= 11 is 0. The predicted molar refractivity (Wildman–Crippen MR) is 96.3 cm³/mol. The Morgan fingerprint density at radius 1 is 0.462 bits per heavy atom. The molecule has 8 nitrogen and oxygen atoms in total. The van der Waals surface area contributed by atoms with Gasteiger partial charge in [0.1, 0.15) is 22.1 Å². The molecule has 3 aromatic carbocycles. The molecule has 0 aliphatic rings. The first-order chi connectivity index (χ1) is 12.9. The van der Waals surface area contributed by atoms with Crippen LogP contribution in [0.25, 0.3) is 54.4 Å². The lowest BCUT2D eigenvalue weighted by molar-refractivity contribution is 0.799. The van der Waals surface area contributed by atoms with Crippen LogP contribution in [-0.2, 0) is 0 Å². The van der Waals surface area contributed by atoms with Crippen LogP contribution in [0.1, 0.15) is 0 Å². The summed E-state index contributed by atoms with van der Waals surface area (Å²) in [5, 5.41) is 38.4. The Bertz CT molecular complexity index is 1460. The van der Waals surface area contributed by atoms with Crippen molar-refractivity contribution >= 4 is 54.4 Å². The van der Waals surface area contributed by atoms with Crippen LogP contribution >= 0.6 is 0 Å². The number of aromatic nitrogens is 8. The molecule has 3 aromatic heterocycles. The van der Waals surface area contributed by atoms with Crippen molar-refractivity contribution in [3.63, 3.8) is 0 Å². The number of benzene rings is 3. The number of nitrogens with zero attached hydrogens (tertiary/aromatic N) is 8. The number of hydrogen-bond acceptors (Lipinski definition) is 8. The van der Waals surface area contributed by atoms with Crippen molar-refractivity contribution < 1.29 is 0 Å². The predicted octanol–water partition coefficient (Wildman–Crippen LogP) is 2.61. The molecule has 8 heteroatoms. The Labute approximate surface area is 144 Å². The van der Waals surface area contributed by atoms with Gasteiger partial charge in [-0.1, -0.05) is 24.3 Å². The fraction of sp³-hybridized carbons (Fsp3) is 0. The second-order valence-electron chi connectivity index (χ2n) is 5.99. The standard InChI is InChI=1S/C18H8N8/c1-2-10-11(15-9(1)5-7-19-21-15)3-4-12-14(10)13-6-8-20-22-16(13)18-17(12)23-25-26-24-18/h1-8H. The Balaban J connectivity index is 1.99. The van der Waals surface area contributed by atoms with Crippen LogP contribution in [0.3, 0.4) is 0 Å². The first kappa shape index (κ1) is 13.4. The number of rotatable bonds is 0. The molecule has 6 rings (SSSR count). The van der Waals surface area contributed by atoms with E-state index in [1.165, 1.54) is 0 Å². The number of hydrogen-bond donors (Lipinski definition) is 0. The monoisotopic (exact) mass is 336 g/mol. The molecule has 0 spiro atoms. The molecule has 0 saturated heterocycles. The van der Waals surface area contributed by atoms with Gasteiger partial charge in [0.05, 0.1) is 12.4 Å². The maximum absolute atomic E-state index is 4.33. The Morgan fingerprint density at radius 3 is 2.04 bits per heavy atom. The van der Waals surface area contributed by atoms with E-state index in [2.05, 4.69) is 47.1 Å². The molecule has 0 atom stereocenters. The Morgan fingerprint density at radius 2 is 1.12 bits per heavy atom. The first-order valence-electron chi connectivity index (χ1n) is 7.98. The third-order valence-electron chi connectivity index (χ3n) is 4.71. The molecule has 3 heterocycles. The molecule has 6 aromatic rings. The summed E-state index contributed by atoms with van der Waals surface area (Å²) in [6, 6.07) is 12.1. The maximum Gasteiger partial charge on any atom is 0.144 e. The van der Waals surface area contributed by atoms with Crippen LogP contribution < -0.4 is 0 Å². The summed E-state index contributed by atoms with van der Waals surface area (Å²) in [5.74, 6) is 0. The van der Waals surface area contributed by atoms with Crippen molar-refractivity contribution in [1.82, 2.24) is 41.0 Å². The van der Waals surface area contributed by atoms with Gasteiger partial charge in [-0.2, -0.15) is 10.2 Å². The van der Waals surface area contributed by atoms with Crippen LogP contribution in [0.5, 0.6) is 0 Å². The molecule has 0 radical (unpaired) electrons. The van der Waals surface area contributed by atoms with Crippen LogP contribution in [0.15, 0.2) is 48.8 Å². The summed E-state index contributed by atoms with van der Waals surface area (Å²) in [6.07, 6.45) is 3.37. The molecule has 0 bridgehead atoms. The van der Waals surface area contributed by atoms with Crippen LogP contribution in [0, 0.1) is 0 Å². The Kier molecular flexibility index (Phi) is 2.46. The zero-order chi connectivity index (χ0) is 17.1. The van der Waals surface area contributed by atoms with Gasteiger partial charge in [0.2, 0.25) is 0 Å². The van der Waals surface area contributed by atoms with E-state index in [0.29, 0.717) is 16.6 Å². The van der Waals surface area contributed by atoms with Crippen molar-refractivity contribution in [3.8, 4) is 0 Å². The lowest BCUT2D eigenvalue weighted by atomic mass is 9.96. The molecule has 0 unspecified atom stereocenters. The Hall–Kier alpha value is -3.94. The smallest absolute Gasteiger partial charge is 0.144 e. The zero-order valence-electron chi connectivity index (χ0n) is 13.2. The quantitative estimate of drug-likeness (QED) is 0.390. The maximum atomic E-state index is 4.33. The minimum Gasteiger partial charge on any atom is -0.158 e. The lowest BCUT2D eigenvalue weighted by Gasteiger charge is -2.10. The molecule has 26 heavy (non-hydrogen) atoms. The van der Waals surface area contributed by atoms with Crippen LogP contribution in [0.2, 0.25) is 0 Å². The summed E-state index contributed by atoms with van der Waals surface area (Å²) < 4.78 is 0. The van der Waals surface area contributed by atoms with E-state index in [1.54, 1.807) is 12.4 Å². The average molecular weight is 336 g/mol. The van der Waals surface area contributed by atoms with Crippen molar-refractivity contribution in [3.05, 3.63) is 48.8 Å². The van der Waals surface area contributed by atoms with Gasteiger partial charge in [-0.25, -0.2) is 0 Å². The highest BCUT2D eigenvalue weighted by atomic mass is 15.4. The highest BCUT2D eigenvalue weighted by Crippen LogP contribution is 2.37. The van der Waals surface area contributed by atoms with Crippen molar-refractivity contribution in [2.45, 2.75) is 0 Å². The third-order valence-corrected chi connectivity index (χ3v) is 4.71. The van der Waals surface area contributed by atoms with Crippen LogP contribution in [0.4, 0.5) is 0 Å². The van der Waals surface area contributed by atoms with E-state index < -0.39 is 0 Å². The van der Waals surface area contributed by atoms with E-state index in [1.807, 2.05) is 30.3 Å². The summed E-state index contributed by atoms with van der Waals surface area (Å²) in [7, 11) is 0. The van der Waals surface area contributed by atoms with Gasteiger partial charge in [-0.05, 0) is 27.9 Å². The van der Waals surface area contributed by atoms with E-state index in [0.717, 1.165) is 37.8 Å². The average Bonchev–Trinajstić information content (AvgIpc) is 2.73. The van der Waals surface area contributed by atoms with Gasteiger partial charge < -0.3 is 0 Å². The fourth-order valence-corrected chi connectivity index (χ4v) is 3.62. The zero-order valence-corrected chi connectivity index (χ0v) is 13.2. The fourth-order valence-electron chi connectivity index (χ4n) is 3.62. The second kappa shape index (κ2) is 4.79. The van der Waals surface area contributed by atoms with Gasteiger partial charge in [0.25, 0.3) is 0 Å². The van der Waals surface area contributed by atoms with Crippen molar-refractivity contribution in [1.29, 1.82) is 0 Å². The minimum atomic E-state index is 0.593. The highest BCUT2D eigenvalue weighted by Gasteiger charge is 2.16. The van der Waals surface area contributed by atoms with Gasteiger partial charge in [0, 0.05) is 26.9 Å². The largest absolute Gasteiger partial charge is 0.158 e. The van der Waals surface area contributed by atoms with E-state index in [4.69, 9.17) is 0 Å². The molecular weight excluding hydrogens is 328 g/mol. The van der Waals surface area contributed by atoms with Gasteiger partial charge in [0.15, 0.2) is 0 Å². The van der Waals surface area contributed by atoms with Crippen LogP contribution in [-0.4, -0.2) is 41.0 Å².